The number of ether oxygens (including phenoxy) is 1. The molecule has 0 fully saturated rings. The number of methoxy groups -OCH3 is 1. The smallest absolute Gasteiger partial charge is 0.328 e. The van der Waals surface area contributed by atoms with Crippen molar-refractivity contribution in [3.63, 3.8) is 0 Å². The molecule has 0 unspecified atom stereocenters. The van der Waals surface area contributed by atoms with E-state index in [1.807, 2.05) is 24.3 Å². The van der Waals surface area contributed by atoms with Crippen LogP contribution in [0.4, 0.5) is 0 Å². The molecule has 0 amide bonds. The second-order valence-corrected chi connectivity index (χ2v) is 5.17. The molecule has 2 aromatic heterocycles. The SMILES string of the molecule is COc1ccc2cc(Cn3ccn(C)c3=O)c(Cl)nc2c1. The Morgan fingerprint density at radius 1 is 1.29 bits per heavy atom. The van der Waals surface area contributed by atoms with Gasteiger partial charge >= 0.3 is 5.69 Å². The zero-order valence-electron chi connectivity index (χ0n) is 11.7. The van der Waals surface area contributed by atoms with Crippen molar-refractivity contribution in [3.8, 4) is 5.75 Å². The highest BCUT2D eigenvalue weighted by molar-refractivity contribution is 6.30. The Balaban J connectivity index is 2.05. The van der Waals surface area contributed by atoms with Crippen LogP contribution in [0, 0.1) is 0 Å². The number of fused-ring (bicyclic) bond motifs is 1. The third kappa shape index (κ3) is 2.52. The molecule has 0 bridgehead atoms. The van der Waals surface area contributed by atoms with Gasteiger partial charge in [-0.05, 0) is 18.2 Å². The number of benzene rings is 1. The van der Waals surface area contributed by atoms with Crippen LogP contribution in [0.25, 0.3) is 10.9 Å². The fourth-order valence-electron chi connectivity index (χ4n) is 2.22. The van der Waals surface area contributed by atoms with E-state index in [2.05, 4.69) is 4.98 Å². The molecule has 3 rings (SSSR count). The van der Waals surface area contributed by atoms with Crippen molar-refractivity contribution < 1.29 is 4.74 Å². The van der Waals surface area contributed by atoms with Gasteiger partial charge in [-0.15, -0.1) is 0 Å². The largest absolute Gasteiger partial charge is 0.497 e. The van der Waals surface area contributed by atoms with E-state index in [1.54, 1.807) is 31.1 Å². The van der Waals surface area contributed by atoms with Crippen LogP contribution in [0.5, 0.6) is 5.75 Å². The molecule has 21 heavy (non-hydrogen) atoms. The summed E-state index contributed by atoms with van der Waals surface area (Å²) in [6, 6.07) is 7.58. The van der Waals surface area contributed by atoms with Gasteiger partial charge in [0.05, 0.1) is 19.2 Å². The van der Waals surface area contributed by atoms with E-state index in [-0.39, 0.29) is 5.69 Å². The topological polar surface area (TPSA) is 49.0 Å². The molecule has 3 aromatic rings. The molecule has 0 spiro atoms. The molecule has 0 saturated heterocycles. The molecular formula is C15H14ClN3O2. The first-order valence-corrected chi connectivity index (χ1v) is 6.81. The summed E-state index contributed by atoms with van der Waals surface area (Å²) < 4.78 is 8.29. The summed E-state index contributed by atoms with van der Waals surface area (Å²) in [7, 11) is 3.32. The molecule has 0 N–H and O–H groups in total. The van der Waals surface area contributed by atoms with Crippen molar-refractivity contribution in [2.24, 2.45) is 7.05 Å². The first kappa shape index (κ1) is 13.7. The van der Waals surface area contributed by atoms with Gasteiger partial charge in [0.1, 0.15) is 10.9 Å². The summed E-state index contributed by atoms with van der Waals surface area (Å²) in [4.78, 5) is 16.3. The Bertz CT molecular complexity index is 867. The summed E-state index contributed by atoms with van der Waals surface area (Å²) >= 11 is 6.23. The summed E-state index contributed by atoms with van der Waals surface area (Å²) in [5.41, 5.74) is 1.49. The molecule has 0 aliphatic rings. The van der Waals surface area contributed by atoms with Crippen LogP contribution in [0.1, 0.15) is 5.56 Å². The van der Waals surface area contributed by atoms with Gasteiger partial charge in [-0.25, -0.2) is 9.78 Å². The van der Waals surface area contributed by atoms with E-state index in [4.69, 9.17) is 16.3 Å². The van der Waals surface area contributed by atoms with Gasteiger partial charge in [-0.1, -0.05) is 11.6 Å². The first-order chi connectivity index (χ1) is 10.1. The van der Waals surface area contributed by atoms with Gasteiger partial charge in [0.25, 0.3) is 0 Å². The predicted molar refractivity (Wildman–Crippen MR) is 82.1 cm³/mol. The number of hydrogen-bond donors (Lipinski definition) is 0. The summed E-state index contributed by atoms with van der Waals surface area (Å²) in [6.45, 7) is 0.396. The van der Waals surface area contributed by atoms with Gasteiger partial charge in [0.15, 0.2) is 0 Å². The van der Waals surface area contributed by atoms with Crippen LogP contribution in [-0.4, -0.2) is 21.2 Å². The van der Waals surface area contributed by atoms with Gasteiger partial charge in [-0.3, -0.25) is 4.57 Å². The normalized spacial score (nSPS) is 11.0. The Kier molecular flexibility index (Phi) is 3.43. The molecule has 6 heteroatoms. The van der Waals surface area contributed by atoms with Crippen LogP contribution in [0.3, 0.4) is 0 Å². The number of aromatic nitrogens is 3. The molecular weight excluding hydrogens is 290 g/mol. The molecule has 1 aromatic carbocycles. The van der Waals surface area contributed by atoms with Crippen LogP contribution < -0.4 is 10.4 Å². The van der Waals surface area contributed by atoms with E-state index in [1.165, 1.54) is 4.57 Å². The number of aryl methyl sites for hydroxylation is 1. The van der Waals surface area contributed by atoms with Crippen LogP contribution >= 0.6 is 11.6 Å². The second kappa shape index (κ2) is 5.26. The van der Waals surface area contributed by atoms with Crippen LogP contribution in [0.15, 0.2) is 41.5 Å². The fourth-order valence-corrected chi connectivity index (χ4v) is 2.42. The maximum atomic E-state index is 11.9. The maximum Gasteiger partial charge on any atom is 0.328 e. The Morgan fingerprint density at radius 3 is 2.76 bits per heavy atom. The summed E-state index contributed by atoms with van der Waals surface area (Å²) in [6.07, 6.45) is 3.45. The summed E-state index contributed by atoms with van der Waals surface area (Å²) in [5, 5.41) is 1.35. The van der Waals surface area contributed by atoms with Crippen LogP contribution in [-0.2, 0) is 13.6 Å². The van der Waals surface area contributed by atoms with E-state index in [0.717, 1.165) is 22.2 Å². The lowest BCUT2D eigenvalue weighted by atomic mass is 10.1. The third-order valence-corrected chi connectivity index (χ3v) is 3.74. The zero-order chi connectivity index (χ0) is 15.0. The monoisotopic (exact) mass is 303 g/mol. The van der Waals surface area contributed by atoms with E-state index in [0.29, 0.717) is 11.7 Å². The standard InChI is InChI=1S/C15H14ClN3O2/c1-18-5-6-19(15(18)20)9-11-7-10-3-4-12(21-2)8-13(10)17-14(11)16/h3-8H,9H2,1-2H3. The number of halogens is 1. The Morgan fingerprint density at radius 2 is 2.10 bits per heavy atom. The van der Waals surface area contributed by atoms with Gasteiger partial charge in [0.2, 0.25) is 0 Å². The molecule has 2 heterocycles. The molecule has 0 aliphatic carbocycles. The highest BCUT2D eigenvalue weighted by Gasteiger charge is 2.08. The summed E-state index contributed by atoms with van der Waals surface area (Å²) in [5.74, 6) is 0.734. The Hall–Kier alpha value is -2.27. The average Bonchev–Trinajstić information content (AvgIpc) is 2.79. The van der Waals surface area contributed by atoms with Crippen molar-refractivity contribution in [1.82, 2.24) is 14.1 Å². The molecule has 0 atom stereocenters. The van der Waals surface area contributed by atoms with Crippen molar-refractivity contribution in [1.29, 1.82) is 0 Å². The molecule has 0 saturated carbocycles. The fraction of sp³-hybridized carbons (Fsp3) is 0.200. The lowest BCUT2D eigenvalue weighted by Gasteiger charge is -2.08. The number of nitrogens with zero attached hydrogens (tertiary/aromatic N) is 3. The van der Waals surface area contributed by atoms with Crippen LogP contribution in [0.2, 0.25) is 5.15 Å². The zero-order valence-corrected chi connectivity index (χ0v) is 12.5. The lowest BCUT2D eigenvalue weighted by Crippen LogP contribution is -2.22. The number of pyridine rings is 1. The first-order valence-electron chi connectivity index (χ1n) is 6.43. The van der Waals surface area contributed by atoms with E-state index in [9.17, 15) is 4.79 Å². The maximum absolute atomic E-state index is 11.9. The lowest BCUT2D eigenvalue weighted by molar-refractivity contribution is 0.415. The molecule has 0 radical (unpaired) electrons. The number of hydrogen-bond acceptors (Lipinski definition) is 3. The van der Waals surface area contributed by atoms with E-state index >= 15 is 0 Å². The second-order valence-electron chi connectivity index (χ2n) is 4.82. The highest BCUT2D eigenvalue weighted by atomic mass is 35.5. The van der Waals surface area contributed by atoms with Gasteiger partial charge in [0, 0.05) is 36.5 Å². The minimum atomic E-state index is -0.0825. The average molecular weight is 304 g/mol. The van der Waals surface area contributed by atoms with Crippen molar-refractivity contribution in [2.75, 3.05) is 7.11 Å². The minimum Gasteiger partial charge on any atom is -0.497 e. The Labute approximate surface area is 126 Å². The predicted octanol–water partition coefficient (Wildman–Crippen LogP) is 2.45. The molecule has 108 valence electrons. The number of rotatable bonds is 3. The highest BCUT2D eigenvalue weighted by Crippen LogP contribution is 2.24. The van der Waals surface area contributed by atoms with Gasteiger partial charge in [-0.2, -0.15) is 0 Å². The minimum absolute atomic E-state index is 0.0825. The molecule has 5 nitrogen and oxygen atoms in total. The van der Waals surface area contributed by atoms with Gasteiger partial charge < -0.3 is 9.30 Å². The quantitative estimate of drug-likeness (QED) is 0.698. The van der Waals surface area contributed by atoms with Crippen molar-refractivity contribution >= 4 is 22.5 Å². The van der Waals surface area contributed by atoms with Crippen molar-refractivity contribution in [3.05, 3.63) is 57.9 Å². The van der Waals surface area contributed by atoms with Crippen molar-refractivity contribution in [2.45, 2.75) is 6.54 Å². The third-order valence-electron chi connectivity index (χ3n) is 3.41. The molecule has 0 aliphatic heterocycles. The van der Waals surface area contributed by atoms with E-state index < -0.39 is 0 Å². The number of imidazole rings is 1.